The van der Waals surface area contributed by atoms with Gasteiger partial charge in [-0.15, -0.1) is 0 Å². The SMILES string of the molecule is O=C1N[C@H]2C(=O)N[C@H]3C(=O)N[C@H](C(=O)N[C@H](C(=O)O)c4cc(O)cc(O)c4-c4cc3ccc4O)[C@H](O)c3ccc(c(Cl)c3)Oc3cc2cc(c3O)Oc2ccc(cc2Cl)C[C@H]2NC(=O)[C@H](NC(=O)C34CC5CC(CC(C5)C3)C4)c3ccc(O)c(c3)Oc3cc(O)cc(c3)[C@@H]1NC2=O. The van der Waals surface area contributed by atoms with Gasteiger partial charge in [-0.2, -0.15) is 0 Å². The number of hydrogen-bond acceptors (Lipinski definition) is 18. The number of hydrogen-bond donors (Lipinski definition) is 15. The van der Waals surface area contributed by atoms with Gasteiger partial charge < -0.3 is 92.3 Å². The Kier molecular flexibility index (Phi) is 15.9. The van der Waals surface area contributed by atoms with Crippen molar-refractivity contribution >= 4 is 70.5 Å². The normalized spacial score (nSPS) is 26.4. The Labute approximate surface area is 559 Å². The molecule has 7 amide bonds. The second-order valence-electron chi connectivity index (χ2n) is 25.7. The molecule has 7 aromatic carbocycles. The fraction of sp³-hybridized carbons (Fsp3) is 0.275. The van der Waals surface area contributed by atoms with E-state index in [1.165, 1.54) is 54.6 Å². The predicted octanol–water partition coefficient (Wildman–Crippen LogP) is 7.36. The number of rotatable bonds is 3. The van der Waals surface area contributed by atoms with Crippen LogP contribution in [0.5, 0.6) is 69.0 Å². The third-order valence-corrected chi connectivity index (χ3v) is 19.8. The van der Waals surface area contributed by atoms with E-state index in [1.807, 2.05) is 0 Å². The average molecular weight is 1360 g/mol. The Morgan fingerprint density at radius 2 is 1.06 bits per heavy atom. The molecule has 6 aliphatic heterocycles. The highest BCUT2D eigenvalue weighted by molar-refractivity contribution is 6.32. The van der Waals surface area contributed by atoms with E-state index in [0.29, 0.717) is 42.6 Å². The minimum atomic E-state index is -2.21. The molecule has 6 heterocycles. The van der Waals surface area contributed by atoms with Gasteiger partial charge in [0.2, 0.25) is 47.1 Å². The summed E-state index contributed by atoms with van der Waals surface area (Å²) in [4.78, 5) is 121. The molecule has 4 fully saturated rings. The summed E-state index contributed by atoms with van der Waals surface area (Å²) in [6.45, 7) is 0. The maximum atomic E-state index is 15.9. The number of aliphatic hydroxyl groups excluding tert-OH is 1. The van der Waals surface area contributed by atoms with E-state index in [1.54, 1.807) is 0 Å². The van der Waals surface area contributed by atoms with Gasteiger partial charge in [0.05, 0.1) is 10.0 Å². The van der Waals surface area contributed by atoms with Crippen LogP contribution in [0.15, 0.2) is 115 Å². The van der Waals surface area contributed by atoms with E-state index in [0.717, 1.165) is 79.9 Å². The second kappa shape index (κ2) is 24.4. The van der Waals surface area contributed by atoms with E-state index in [4.69, 9.17) is 37.4 Å². The summed E-state index contributed by atoms with van der Waals surface area (Å²) in [7, 11) is 0. The summed E-state index contributed by atoms with van der Waals surface area (Å²) in [6, 6.07) is 8.27. The first kappa shape index (κ1) is 63.4. The lowest BCUT2D eigenvalue weighted by molar-refractivity contribution is -0.148. The van der Waals surface area contributed by atoms with Crippen molar-refractivity contribution in [2.75, 3.05) is 0 Å². The van der Waals surface area contributed by atoms with Crippen LogP contribution in [0.2, 0.25) is 10.0 Å². The Bertz CT molecular complexity index is 4530. The van der Waals surface area contributed by atoms with Gasteiger partial charge >= 0.3 is 5.97 Å². The lowest BCUT2D eigenvalue weighted by Crippen LogP contribution is -2.57. The lowest BCUT2D eigenvalue weighted by atomic mass is 9.49. The van der Waals surface area contributed by atoms with Crippen LogP contribution in [-0.4, -0.2) is 100 Å². The summed E-state index contributed by atoms with van der Waals surface area (Å²) in [5.41, 5.74) is -2.84. The molecule has 4 aliphatic carbocycles. The first-order valence-corrected chi connectivity index (χ1v) is 31.7. The Morgan fingerprint density at radius 1 is 0.495 bits per heavy atom. The number of phenolic OH excluding ortho intramolecular Hbond substituents is 6. The Hall–Kier alpha value is -11.0. The van der Waals surface area contributed by atoms with Crippen LogP contribution < -0.4 is 51.4 Å². The van der Waals surface area contributed by atoms with Gasteiger partial charge in [0.1, 0.15) is 82.6 Å². The van der Waals surface area contributed by atoms with Crippen LogP contribution in [-0.2, 0) is 44.8 Å². The van der Waals surface area contributed by atoms with Crippen LogP contribution in [0.4, 0.5) is 0 Å². The monoisotopic (exact) mass is 1360 g/mol. The molecule has 17 rings (SSSR count). The molecule has 10 aliphatic rings. The van der Waals surface area contributed by atoms with Gasteiger partial charge in [-0.05, 0) is 169 Å². The van der Waals surface area contributed by atoms with E-state index in [2.05, 4.69) is 37.2 Å². The topological polar surface area (TPSA) is 410 Å². The molecule has 28 heteroatoms. The number of fused-ring (bicyclic) bond motifs is 14. The van der Waals surface area contributed by atoms with Gasteiger partial charge in [0.25, 0.3) is 0 Å². The third kappa shape index (κ3) is 11.9. The van der Waals surface area contributed by atoms with Crippen molar-refractivity contribution in [1.29, 1.82) is 0 Å². The first-order chi connectivity index (χ1) is 46.3. The van der Waals surface area contributed by atoms with E-state index in [-0.39, 0.29) is 73.2 Å². The van der Waals surface area contributed by atoms with Gasteiger partial charge in [-0.25, -0.2) is 4.79 Å². The largest absolute Gasteiger partial charge is 0.508 e. The Balaban J connectivity index is 0.934. The van der Waals surface area contributed by atoms with Crippen LogP contribution in [0.1, 0.15) is 114 Å². The average Bonchev–Trinajstić information content (AvgIpc) is 0.759. The van der Waals surface area contributed by atoms with Gasteiger partial charge in [0, 0.05) is 40.7 Å². The fourth-order valence-corrected chi connectivity index (χ4v) is 15.5. The molecule has 15 N–H and O–H groups in total. The number of halogens is 2. The lowest BCUT2D eigenvalue weighted by Gasteiger charge is -2.55. The van der Waals surface area contributed by atoms with Crippen molar-refractivity contribution in [1.82, 2.24) is 37.2 Å². The highest BCUT2D eigenvalue weighted by Gasteiger charge is 2.55. The number of phenols is 6. The zero-order chi connectivity index (χ0) is 68.2. The number of carboxylic acids is 1. The van der Waals surface area contributed by atoms with Crippen molar-refractivity contribution in [3.05, 3.63) is 164 Å². The van der Waals surface area contributed by atoms with E-state index in [9.17, 15) is 55.2 Å². The van der Waals surface area contributed by atoms with Gasteiger partial charge in [-0.3, -0.25) is 33.6 Å². The zero-order valence-corrected chi connectivity index (χ0v) is 52.1. The minimum absolute atomic E-state index is 0.132. The predicted molar refractivity (Wildman–Crippen MR) is 340 cm³/mol. The molecule has 0 saturated heterocycles. The van der Waals surface area contributed by atoms with Crippen molar-refractivity contribution in [3.63, 3.8) is 0 Å². The molecule has 4 saturated carbocycles. The quantitative estimate of drug-likeness (QED) is 0.0821. The standard InChI is InChI=1S/C69H59Cl2N7O19/c70-41-12-27-1-7-47(41)96-50-19-35-20-51(60(50)85)97-48-8-4-33(17-42(48)71)59(84)58-66(91)76-57(67(92)93)40-22-37(80)23-46(83)52(40)39-16-31(2-5-44(39)81)53(63(88)77-58)74-65(90)56(35)75-64(89)55-34-14-36(79)21-38(15-34)95-49-18-32(3-6-45(49)82)54(62(87)72-43(13-27)61(86)73-55)78-68(94)69-24-28-9-29(25-69)11-30(10-28)26-69/h1-8,12,14-23,28-30,43,53-59,79-85H,9-11,13,24-26H2,(H,72,87)(H,73,86)(H,74,90)(H,75,89)(H,76,91)(H,77,88)(H,78,94)(H,92,93)/t28?,29?,30?,43-,53-,54-,55+,56-,57+,58+,59-,69?/m1/s1. The molecular formula is C69H59Cl2N7O19. The second-order valence-corrected chi connectivity index (χ2v) is 26.5. The highest BCUT2D eigenvalue weighted by Crippen LogP contribution is 2.60. The van der Waals surface area contributed by atoms with E-state index < -0.39 is 158 Å². The molecular weight excluding hydrogens is 1300 g/mol. The summed E-state index contributed by atoms with van der Waals surface area (Å²) in [6.07, 6.45) is 2.38. The van der Waals surface area contributed by atoms with Crippen LogP contribution in [0.3, 0.4) is 0 Å². The van der Waals surface area contributed by atoms with E-state index >= 15 is 24.0 Å². The smallest absolute Gasteiger partial charge is 0.330 e. The number of nitrogens with one attached hydrogen (secondary N) is 7. The summed E-state index contributed by atoms with van der Waals surface area (Å²) in [5.74, 6) is -14.4. The number of amides is 7. The molecule has 0 unspecified atom stereocenters. The number of aliphatic carboxylic acids is 1. The number of carboxylic acid groups (broad SMARTS) is 1. The van der Waals surface area contributed by atoms with Crippen molar-refractivity contribution in [3.8, 4) is 80.1 Å². The first-order valence-electron chi connectivity index (χ1n) is 30.9. The van der Waals surface area contributed by atoms with Crippen molar-refractivity contribution < 1.29 is 93.4 Å². The molecule has 498 valence electrons. The number of carbonyl (C=O) groups excluding carboxylic acids is 7. The molecule has 8 atom stereocenters. The number of aromatic hydroxyl groups is 6. The summed E-state index contributed by atoms with van der Waals surface area (Å²) >= 11 is 13.9. The van der Waals surface area contributed by atoms with Crippen LogP contribution in [0.25, 0.3) is 11.1 Å². The number of ether oxygens (including phenoxy) is 3. The molecule has 97 heavy (non-hydrogen) atoms. The number of carbonyl (C=O) groups is 8. The molecule has 0 aromatic heterocycles. The van der Waals surface area contributed by atoms with Crippen molar-refractivity contribution in [2.45, 2.75) is 93.3 Å². The summed E-state index contributed by atoms with van der Waals surface area (Å²) in [5, 5.41) is 110. The number of benzene rings is 7. The summed E-state index contributed by atoms with van der Waals surface area (Å²) < 4.78 is 18.8. The Morgan fingerprint density at radius 3 is 1.71 bits per heavy atom. The third-order valence-electron chi connectivity index (χ3n) is 19.2. The molecule has 7 aromatic rings. The minimum Gasteiger partial charge on any atom is -0.508 e. The fourth-order valence-electron chi connectivity index (χ4n) is 15.0. The van der Waals surface area contributed by atoms with Crippen molar-refractivity contribution in [2.24, 2.45) is 23.2 Å². The molecule has 26 nitrogen and oxygen atoms in total. The number of aliphatic hydroxyl groups is 1. The maximum Gasteiger partial charge on any atom is 0.330 e. The zero-order valence-electron chi connectivity index (χ0n) is 50.6. The molecule has 0 radical (unpaired) electrons. The van der Waals surface area contributed by atoms with Gasteiger partial charge in [-0.1, -0.05) is 47.5 Å². The highest BCUT2D eigenvalue weighted by atomic mass is 35.5. The maximum absolute atomic E-state index is 15.9. The van der Waals surface area contributed by atoms with Crippen LogP contribution >= 0.6 is 23.2 Å². The molecule has 21 bridgehead atoms. The van der Waals surface area contributed by atoms with Crippen LogP contribution in [0, 0.1) is 23.2 Å². The molecule has 0 spiro atoms. The van der Waals surface area contributed by atoms with Gasteiger partial charge in [0.15, 0.2) is 29.0 Å².